The van der Waals surface area contributed by atoms with Crippen LogP contribution in [0.2, 0.25) is 0 Å². The normalized spacial score (nSPS) is 36.1. The molecule has 0 radical (unpaired) electrons. The maximum atomic E-state index is 5.63. The SMILES string of the molecule is NCc1nc(-c2nc(C34CC5CC(CC(C5)C3)C4)no2)cs1. The quantitative estimate of drug-likeness (QED) is 0.941. The van der Waals surface area contributed by atoms with E-state index in [1.165, 1.54) is 38.5 Å². The summed E-state index contributed by atoms with van der Waals surface area (Å²) in [6.45, 7) is 0.459. The molecule has 22 heavy (non-hydrogen) atoms. The van der Waals surface area contributed by atoms with Gasteiger partial charge in [-0.05, 0) is 56.3 Å². The number of nitrogens with two attached hydrogens (primary N) is 1. The van der Waals surface area contributed by atoms with Crippen molar-refractivity contribution in [2.24, 2.45) is 23.5 Å². The van der Waals surface area contributed by atoms with E-state index in [9.17, 15) is 0 Å². The molecule has 0 unspecified atom stereocenters. The van der Waals surface area contributed by atoms with Gasteiger partial charge in [0.1, 0.15) is 10.7 Å². The lowest BCUT2D eigenvalue weighted by atomic mass is 9.49. The molecule has 2 aromatic heterocycles. The molecule has 0 aliphatic heterocycles. The van der Waals surface area contributed by atoms with Crippen molar-refractivity contribution >= 4 is 11.3 Å². The van der Waals surface area contributed by atoms with Crippen molar-refractivity contribution in [3.63, 3.8) is 0 Å². The molecule has 4 aliphatic rings. The van der Waals surface area contributed by atoms with Gasteiger partial charge in [-0.3, -0.25) is 0 Å². The van der Waals surface area contributed by atoms with Crippen molar-refractivity contribution < 1.29 is 4.52 Å². The summed E-state index contributed by atoms with van der Waals surface area (Å²) in [6, 6.07) is 0. The third kappa shape index (κ3) is 1.90. The Bertz CT molecular complexity index is 671. The number of nitrogens with zero attached hydrogens (tertiary/aromatic N) is 3. The van der Waals surface area contributed by atoms with Crippen LogP contribution in [0, 0.1) is 17.8 Å². The summed E-state index contributed by atoms with van der Waals surface area (Å²) < 4.78 is 5.54. The van der Waals surface area contributed by atoms with Gasteiger partial charge in [0.25, 0.3) is 5.89 Å². The number of hydrogen-bond acceptors (Lipinski definition) is 6. The monoisotopic (exact) mass is 316 g/mol. The van der Waals surface area contributed by atoms with Crippen molar-refractivity contribution in [2.75, 3.05) is 0 Å². The lowest BCUT2D eigenvalue weighted by Gasteiger charge is -2.55. The highest BCUT2D eigenvalue weighted by Crippen LogP contribution is 2.60. The topological polar surface area (TPSA) is 77.8 Å². The predicted octanol–water partition coefficient (Wildman–Crippen LogP) is 3.12. The molecule has 4 saturated carbocycles. The van der Waals surface area contributed by atoms with Gasteiger partial charge in [0.2, 0.25) is 0 Å². The standard InChI is InChI=1S/C16H20N4OS/c17-7-13-18-12(8-22-13)14-19-15(20-21-14)16-4-9-1-10(5-16)3-11(2-9)6-16/h8-11H,1-7,17H2. The Kier molecular flexibility index (Phi) is 2.77. The molecule has 4 bridgehead atoms. The minimum absolute atomic E-state index is 0.184. The molecule has 6 heteroatoms. The number of rotatable bonds is 3. The Morgan fingerprint density at radius 2 is 1.82 bits per heavy atom. The molecule has 0 amide bonds. The second-order valence-electron chi connectivity index (χ2n) is 7.45. The average Bonchev–Trinajstić information content (AvgIpc) is 3.15. The van der Waals surface area contributed by atoms with E-state index >= 15 is 0 Å². The zero-order valence-electron chi connectivity index (χ0n) is 12.5. The van der Waals surface area contributed by atoms with Crippen LogP contribution >= 0.6 is 11.3 Å². The van der Waals surface area contributed by atoms with E-state index in [0.717, 1.165) is 34.3 Å². The number of thiazole rings is 1. The van der Waals surface area contributed by atoms with Crippen molar-refractivity contribution in [1.29, 1.82) is 0 Å². The largest absolute Gasteiger partial charge is 0.332 e. The first kappa shape index (κ1) is 13.2. The summed E-state index contributed by atoms with van der Waals surface area (Å²) in [4.78, 5) is 9.20. The minimum Gasteiger partial charge on any atom is -0.332 e. The summed E-state index contributed by atoms with van der Waals surface area (Å²) in [7, 11) is 0. The molecule has 6 rings (SSSR count). The molecule has 116 valence electrons. The maximum Gasteiger partial charge on any atom is 0.277 e. The van der Waals surface area contributed by atoms with Crippen molar-refractivity contribution in [3.05, 3.63) is 16.2 Å². The molecule has 2 aromatic rings. The molecule has 4 aliphatic carbocycles. The van der Waals surface area contributed by atoms with Crippen LogP contribution in [-0.2, 0) is 12.0 Å². The van der Waals surface area contributed by atoms with E-state index in [2.05, 4.69) is 10.1 Å². The summed E-state index contributed by atoms with van der Waals surface area (Å²) >= 11 is 1.55. The van der Waals surface area contributed by atoms with Crippen LogP contribution in [0.1, 0.15) is 49.4 Å². The van der Waals surface area contributed by atoms with Gasteiger partial charge in [0, 0.05) is 17.3 Å². The molecule has 5 nitrogen and oxygen atoms in total. The van der Waals surface area contributed by atoms with E-state index < -0.39 is 0 Å². The molecule has 0 spiro atoms. The van der Waals surface area contributed by atoms with Crippen LogP contribution in [0.15, 0.2) is 9.90 Å². The molecular formula is C16H20N4OS. The number of hydrogen-bond donors (Lipinski definition) is 1. The molecule has 0 aromatic carbocycles. The van der Waals surface area contributed by atoms with Gasteiger partial charge in [-0.25, -0.2) is 4.98 Å². The zero-order chi connectivity index (χ0) is 14.7. The van der Waals surface area contributed by atoms with Crippen LogP contribution in [0.4, 0.5) is 0 Å². The fraction of sp³-hybridized carbons (Fsp3) is 0.688. The lowest BCUT2D eigenvalue weighted by molar-refractivity contribution is -0.0103. The summed E-state index contributed by atoms with van der Waals surface area (Å²) in [5.74, 6) is 4.15. The summed E-state index contributed by atoms with van der Waals surface area (Å²) in [5.41, 5.74) is 6.59. The molecule has 2 heterocycles. The highest BCUT2D eigenvalue weighted by atomic mass is 32.1. The lowest BCUT2D eigenvalue weighted by Crippen LogP contribution is -2.49. The van der Waals surface area contributed by atoms with Gasteiger partial charge < -0.3 is 10.3 Å². The fourth-order valence-electron chi connectivity index (χ4n) is 5.43. The summed E-state index contributed by atoms with van der Waals surface area (Å²) in [5, 5.41) is 7.23. The molecule has 0 atom stereocenters. The van der Waals surface area contributed by atoms with E-state index in [4.69, 9.17) is 15.2 Å². The second-order valence-corrected chi connectivity index (χ2v) is 8.39. The van der Waals surface area contributed by atoms with E-state index in [1.54, 1.807) is 11.3 Å². The van der Waals surface area contributed by atoms with Crippen molar-refractivity contribution in [1.82, 2.24) is 15.1 Å². The second kappa shape index (κ2) is 4.61. The van der Waals surface area contributed by atoms with Crippen LogP contribution in [0.25, 0.3) is 11.6 Å². The number of aromatic nitrogens is 3. The third-order valence-corrected chi connectivity index (χ3v) is 6.76. The van der Waals surface area contributed by atoms with Crippen molar-refractivity contribution in [2.45, 2.75) is 50.5 Å². The minimum atomic E-state index is 0.184. The van der Waals surface area contributed by atoms with Gasteiger partial charge in [-0.15, -0.1) is 11.3 Å². The Hall–Kier alpha value is -1.27. The van der Waals surface area contributed by atoms with E-state index in [-0.39, 0.29) is 5.41 Å². The Morgan fingerprint density at radius 1 is 1.14 bits per heavy atom. The van der Waals surface area contributed by atoms with Crippen molar-refractivity contribution in [3.8, 4) is 11.6 Å². The van der Waals surface area contributed by atoms with Crippen LogP contribution in [0.5, 0.6) is 0 Å². The zero-order valence-corrected chi connectivity index (χ0v) is 13.3. The first-order chi connectivity index (χ1) is 10.7. The van der Waals surface area contributed by atoms with Gasteiger partial charge in [-0.2, -0.15) is 4.98 Å². The maximum absolute atomic E-state index is 5.63. The van der Waals surface area contributed by atoms with Crippen LogP contribution in [-0.4, -0.2) is 15.1 Å². The van der Waals surface area contributed by atoms with Gasteiger partial charge in [0.15, 0.2) is 5.82 Å². The fourth-order valence-corrected chi connectivity index (χ4v) is 6.08. The summed E-state index contributed by atoms with van der Waals surface area (Å²) in [6.07, 6.45) is 8.04. The van der Waals surface area contributed by atoms with Gasteiger partial charge in [-0.1, -0.05) is 5.16 Å². The Morgan fingerprint density at radius 3 is 2.41 bits per heavy atom. The molecule has 0 saturated heterocycles. The average molecular weight is 316 g/mol. The highest BCUT2D eigenvalue weighted by Gasteiger charge is 2.53. The van der Waals surface area contributed by atoms with Gasteiger partial charge >= 0.3 is 0 Å². The van der Waals surface area contributed by atoms with E-state index in [0.29, 0.717) is 12.4 Å². The van der Waals surface area contributed by atoms with Crippen LogP contribution < -0.4 is 5.73 Å². The van der Waals surface area contributed by atoms with Crippen LogP contribution in [0.3, 0.4) is 0 Å². The van der Waals surface area contributed by atoms with Gasteiger partial charge in [0.05, 0.1) is 0 Å². The molecule has 4 fully saturated rings. The first-order valence-corrected chi connectivity index (χ1v) is 9.11. The Labute approximate surface area is 133 Å². The van der Waals surface area contributed by atoms with E-state index in [1.807, 2.05) is 5.38 Å². The third-order valence-electron chi connectivity index (χ3n) is 5.88. The molecular weight excluding hydrogens is 296 g/mol. The molecule has 2 N–H and O–H groups in total. The highest BCUT2D eigenvalue weighted by molar-refractivity contribution is 7.09. The smallest absolute Gasteiger partial charge is 0.277 e. The Balaban J connectivity index is 1.49. The first-order valence-electron chi connectivity index (χ1n) is 8.23. The predicted molar refractivity (Wildman–Crippen MR) is 83.1 cm³/mol.